The van der Waals surface area contributed by atoms with E-state index in [-0.39, 0.29) is 5.69 Å². The first-order valence-corrected chi connectivity index (χ1v) is 4.02. The Kier molecular flexibility index (Phi) is 2.02. The summed E-state index contributed by atoms with van der Waals surface area (Å²) in [4.78, 5) is 21.3. The summed E-state index contributed by atoms with van der Waals surface area (Å²) in [6.45, 7) is 0. The average molecular weight is 186 g/mol. The third-order valence-corrected chi connectivity index (χ3v) is 1.97. The van der Waals surface area contributed by atoms with Crippen LogP contribution >= 0.6 is 0 Å². The van der Waals surface area contributed by atoms with Gasteiger partial charge in [-0.1, -0.05) is 18.2 Å². The molecule has 1 aromatic carbocycles. The second kappa shape index (κ2) is 3.33. The third-order valence-electron chi connectivity index (χ3n) is 1.97. The van der Waals surface area contributed by atoms with Crippen molar-refractivity contribution in [1.29, 1.82) is 0 Å². The first-order valence-electron chi connectivity index (χ1n) is 4.02. The highest BCUT2D eigenvalue weighted by atomic mass is 16.1. The Morgan fingerprint density at radius 2 is 1.79 bits per heavy atom. The molecule has 0 aliphatic carbocycles. The molecule has 0 radical (unpaired) electrons. The van der Waals surface area contributed by atoms with Crippen molar-refractivity contribution < 1.29 is 9.59 Å². The lowest BCUT2D eigenvalue weighted by Gasteiger charge is -1.99. The minimum Gasteiger partial charge on any atom is -0.298 e. The Labute approximate surface area is 79.6 Å². The van der Waals surface area contributed by atoms with E-state index in [0.29, 0.717) is 29.0 Å². The van der Waals surface area contributed by atoms with E-state index in [1.165, 1.54) is 0 Å². The van der Waals surface area contributed by atoms with Crippen molar-refractivity contribution in [2.75, 3.05) is 0 Å². The molecule has 4 heteroatoms. The Balaban J connectivity index is 2.90. The third kappa shape index (κ3) is 1.17. The maximum Gasteiger partial charge on any atom is 0.171 e. The van der Waals surface area contributed by atoms with Crippen LogP contribution in [0.5, 0.6) is 0 Å². The molecule has 0 spiro atoms. The van der Waals surface area contributed by atoms with Crippen LogP contribution in [-0.2, 0) is 0 Å². The van der Waals surface area contributed by atoms with Gasteiger partial charge in [-0.25, -0.2) is 0 Å². The smallest absolute Gasteiger partial charge is 0.171 e. The van der Waals surface area contributed by atoms with E-state index >= 15 is 0 Å². The van der Waals surface area contributed by atoms with Crippen LogP contribution in [0.25, 0.3) is 10.9 Å². The van der Waals surface area contributed by atoms with E-state index in [9.17, 15) is 9.59 Å². The van der Waals surface area contributed by atoms with Gasteiger partial charge in [0.25, 0.3) is 0 Å². The zero-order valence-corrected chi connectivity index (χ0v) is 7.18. The van der Waals surface area contributed by atoms with Gasteiger partial charge in [0.2, 0.25) is 0 Å². The molecule has 1 heterocycles. The van der Waals surface area contributed by atoms with Crippen LogP contribution < -0.4 is 0 Å². The second-order valence-electron chi connectivity index (χ2n) is 2.75. The number of carbonyl (C=O) groups is 2. The van der Waals surface area contributed by atoms with Crippen LogP contribution in [0.15, 0.2) is 24.3 Å². The molecule has 68 valence electrons. The number of fused-ring (bicyclic) bond motifs is 1. The summed E-state index contributed by atoms with van der Waals surface area (Å²) in [5.41, 5.74) is 0.990. The monoisotopic (exact) mass is 186 g/mol. The molecule has 2 rings (SSSR count). The maximum absolute atomic E-state index is 10.8. The second-order valence-corrected chi connectivity index (χ2v) is 2.75. The first kappa shape index (κ1) is 8.50. The van der Waals surface area contributed by atoms with Gasteiger partial charge in [0.05, 0.1) is 11.1 Å². The Bertz CT molecular complexity index is 508. The van der Waals surface area contributed by atoms with Crippen molar-refractivity contribution in [1.82, 2.24) is 10.2 Å². The zero-order chi connectivity index (χ0) is 9.97. The molecule has 14 heavy (non-hydrogen) atoms. The summed E-state index contributed by atoms with van der Waals surface area (Å²) in [6, 6.07) is 7.06. The number of hydrogen-bond acceptors (Lipinski definition) is 4. The van der Waals surface area contributed by atoms with Crippen molar-refractivity contribution in [2.24, 2.45) is 0 Å². The van der Waals surface area contributed by atoms with Gasteiger partial charge in [-0.3, -0.25) is 9.59 Å². The fourth-order valence-corrected chi connectivity index (χ4v) is 1.30. The molecule has 0 atom stereocenters. The summed E-state index contributed by atoms with van der Waals surface area (Å²) in [5.74, 6) is 0. The fourth-order valence-electron chi connectivity index (χ4n) is 1.30. The lowest BCUT2D eigenvalue weighted by molar-refractivity contribution is 0.109. The Hall–Kier alpha value is -2.10. The van der Waals surface area contributed by atoms with Crippen molar-refractivity contribution in [3.63, 3.8) is 0 Å². The Morgan fingerprint density at radius 1 is 1.00 bits per heavy atom. The van der Waals surface area contributed by atoms with Gasteiger partial charge in [-0.05, 0) is 6.07 Å². The molecular formula is C10H6N2O2. The van der Waals surface area contributed by atoms with Crippen molar-refractivity contribution in [3.8, 4) is 0 Å². The minimum atomic E-state index is 0.0821. The van der Waals surface area contributed by atoms with Crippen LogP contribution in [0.1, 0.15) is 20.8 Å². The van der Waals surface area contributed by atoms with E-state index in [1.807, 2.05) is 0 Å². The number of benzene rings is 1. The topological polar surface area (TPSA) is 59.9 Å². The quantitative estimate of drug-likeness (QED) is 0.662. The van der Waals surface area contributed by atoms with Gasteiger partial charge >= 0.3 is 0 Å². The van der Waals surface area contributed by atoms with E-state index in [2.05, 4.69) is 10.2 Å². The van der Waals surface area contributed by atoms with E-state index in [0.717, 1.165) is 0 Å². The van der Waals surface area contributed by atoms with Gasteiger partial charge in [0.1, 0.15) is 5.69 Å². The molecule has 0 fully saturated rings. The van der Waals surface area contributed by atoms with Gasteiger partial charge < -0.3 is 0 Å². The Morgan fingerprint density at radius 3 is 2.50 bits per heavy atom. The van der Waals surface area contributed by atoms with Crippen LogP contribution in [0.3, 0.4) is 0 Å². The molecular weight excluding hydrogens is 180 g/mol. The minimum absolute atomic E-state index is 0.0821. The fraction of sp³-hybridized carbons (Fsp3) is 0. The summed E-state index contributed by atoms with van der Waals surface area (Å²) < 4.78 is 0. The van der Waals surface area contributed by atoms with E-state index in [1.54, 1.807) is 24.3 Å². The van der Waals surface area contributed by atoms with Crippen LogP contribution in [-0.4, -0.2) is 22.8 Å². The highest BCUT2D eigenvalue weighted by Gasteiger charge is 2.07. The molecule has 2 aromatic rings. The van der Waals surface area contributed by atoms with E-state index < -0.39 is 0 Å². The standard InChI is InChI=1S/C10H6N2O2/c13-5-8-7-3-1-2-4-9(7)11-12-10(8)6-14/h1-6H. The van der Waals surface area contributed by atoms with Crippen molar-refractivity contribution in [3.05, 3.63) is 35.5 Å². The zero-order valence-electron chi connectivity index (χ0n) is 7.18. The summed E-state index contributed by atoms with van der Waals surface area (Å²) in [7, 11) is 0. The molecule has 0 N–H and O–H groups in total. The molecule has 0 unspecified atom stereocenters. The lowest BCUT2D eigenvalue weighted by atomic mass is 10.1. The molecule has 4 nitrogen and oxygen atoms in total. The number of rotatable bonds is 2. The first-order chi connectivity index (χ1) is 6.86. The summed E-state index contributed by atoms with van der Waals surface area (Å²) >= 11 is 0. The van der Waals surface area contributed by atoms with Crippen LogP contribution in [0.2, 0.25) is 0 Å². The molecule has 0 aliphatic heterocycles. The SMILES string of the molecule is O=Cc1nnc2ccccc2c1C=O. The number of carbonyl (C=O) groups excluding carboxylic acids is 2. The largest absolute Gasteiger partial charge is 0.298 e. The predicted octanol–water partition coefficient (Wildman–Crippen LogP) is 1.25. The summed E-state index contributed by atoms with van der Waals surface area (Å²) in [6.07, 6.45) is 1.16. The van der Waals surface area contributed by atoms with Gasteiger partial charge in [-0.15, -0.1) is 10.2 Å². The average Bonchev–Trinajstić information content (AvgIpc) is 2.27. The van der Waals surface area contributed by atoms with Crippen LogP contribution in [0, 0.1) is 0 Å². The normalized spacial score (nSPS) is 10.0. The van der Waals surface area contributed by atoms with Crippen molar-refractivity contribution >= 4 is 23.5 Å². The highest BCUT2D eigenvalue weighted by Crippen LogP contribution is 2.15. The van der Waals surface area contributed by atoms with Gasteiger partial charge in [0, 0.05) is 5.39 Å². The van der Waals surface area contributed by atoms with Crippen molar-refractivity contribution in [2.45, 2.75) is 0 Å². The lowest BCUT2D eigenvalue weighted by Crippen LogP contribution is -1.99. The molecule has 0 bridgehead atoms. The number of nitrogens with zero attached hydrogens (tertiary/aromatic N) is 2. The summed E-state index contributed by atoms with van der Waals surface area (Å²) in [5, 5.41) is 8.12. The molecule has 1 aromatic heterocycles. The predicted molar refractivity (Wildman–Crippen MR) is 50.3 cm³/mol. The van der Waals surface area contributed by atoms with Gasteiger partial charge in [0.15, 0.2) is 12.6 Å². The maximum atomic E-state index is 10.8. The van der Waals surface area contributed by atoms with Gasteiger partial charge in [-0.2, -0.15) is 0 Å². The molecule has 0 saturated carbocycles. The van der Waals surface area contributed by atoms with Crippen LogP contribution in [0.4, 0.5) is 0 Å². The number of hydrogen-bond donors (Lipinski definition) is 0. The number of aldehydes is 2. The molecule has 0 aliphatic rings. The van der Waals surface area contributed by atoms with E-state index in [4.69, 9.17) is 0 Å². The number of aromatic nitrogens is 2. The molecule has 0 saturated heterocycles. The molecule has 0 amide bonds. The highest BCUT2D eigenvalue weighted by molar-refractivity contribution is 6.01.